The van der Waals surface area contributed by atoms with Gasteiger partial charge in [-0.15, -0.1) is 10.2 Å². The molecule has 0 saturated heterocycles. The number of hydrogen-bond acceptors (Lipinski definition) is 8. The summed E-state index contributed by atoms with van der Waals surface area (Å²) in [6.45, 7) is 0.762. The van der Waals surface area contributed by atoms with Gasteiger partial charge in [-0.2, -0.15) is 0 Å². The van der Waals surface area contributed by atoms with E-state index < -0.39 is 5.91 Å². The standard InChI is InChI=1S/C16H21N3O6/c1-21-6-5-17-15(20)16-19-18-13(25-16)9-10-7-11(22-2)14(24-4)12(8-10)23-3/h7-8H,5-6,9H2,1-4H3,(H,17,20). The van der Waals surface area contributed by atoms with Gasteiger partial charge in [0.15, 0.2) is 11.5 Å². The minimum absolute atomic E-state index is 0.0986. The minimum Gasteiger partial charge on any atom is -0.493 e. The maximum Gasteiger partial charge on any atom is 0.308 e. The molecule has 1 amide bonds. The quantitative estimate of drug-likeness (QED) is 0.669. The third kappa shape index (κ3) is 4.60. The molecule has 0 atom stereocenters. The van der Waals surface area contributed by atoms with E-state index in [1.54, 1.807) is 19.2 Å². The fourth-order valence-corrected chi connectivity index (χ4v) is 2.17. The van der Waals surface area contributed by atoms with Crippen LogP contribution in [0.1, 0.15) is 22.1 Å². The van der Waals surface area contributed by atoms with Crippen LogP contribution in [0.5, 0.6) is 17.2 Å². The fraction of sp³-hybridized carbons (Fsp3) is 0.438. The van der Waals surface area contributed by atoms with Crippen molar-refractivity contribution >= 4 is 5.91 Å². The summed E-state index contributed by atoms with van der Waals surface area (Å²) in [6.07, 6.45) is 0.315. The number of nitrogens with zero attached hydrogens (tertiary/aromatic N) is 2. The average molecular weight is 351 g/mol. The van der Waals surface area contributed by atoms with E-state index in [2.05, 4.69) is 15.5 Å². The first-order chi connectivity index (χ1) is 12.1. The molecular formula is C16H21N3O6. The van der Waals surface area contributed by atoms with E-state index in [9.17, 15) is 4.79 Å². The van der Waals surface area contributed by atoms with Gasteiger partial charge in [0, 0.05) is 13.7 Å². The highest BCUT2D eigenvalue weighted by Crippen LogP contribution is 2.38. The van der Waals surface area contributed by atoms with Crippen LogP contribution in [0.4, 0.5) is 0 Å². The van der Waals surface area contributed by atoms with Crippen molar-refractivity contribution in [1.29, 1.82) is 0 Å². The number of benzene rings is 1. The zero-order valence-corrected chi connectivity index (χ0v) is 14.6. The maximum atomic E-state index is 11.9. The monoisotopic (exact) mass is 351 g/mol. The van der Waals surface area contributed by atoms with Gasteiger partial charge in [-0.1, -0.05) is 0 Å². The van der Waals surface area contributed by atoms with Crippen LogP contribution in [-0.2, 0) is 11.2 Å². The molecule has 1 aromatic heterocycles. The molecule has 25 heavy (non-hydrogen) atoms. The van der Waals surface area contributed by atoms with E-state index in [1.165, 1.54) is 21.3 Å². The highest BCUT2D eigenvalue weighted by molar-refractivity contribution is 5.89. The highest BCUT2D eigenvalue weighted by atomic mass is 16.5. The second kappa shape index (κ2) is 8.88. The van der Waals surface area contributed by atoms with Crippen molar-refractivity contribution in [3.05, 3.63) is 29.5 Å². The number of carbonyl (C=O) groups is 1. The van der Waals surface area contributed by atoms with Gasteiger partial charge in [-0.05, 0) is 17.7 Å². The molecule has 0 bridgehead atoms. The van der Waals surface area contributed by atoms with Gasteiger partial charge in [0.1, 0.15) is 0 Å². The van der Waals surface area contributed by atoms with Crippen LogP contribution in [0.3, 0.4) is 0 Å². The number of aromatic nitrogens is 2. The molecular weight excluding hydrogens is 330 g/mol. The molecule has 0 aliphatic rings. The van der Waals surface area contributed by atoms with E-state index in [0.29, 0.717) is 42.7 Å². The van der Waals surface area contributed by atoms with Gasteiger partial charge in [-0.3, -0.25) is 4.79 Å². The Morgan fingerprint density at radius 3 is 2.32 bits per heavy atom. The second-order valence-corrected chi connectivity index (χ2v) is 4.96. The predicted molar refractivity (Wildman–Crippen MR) is 87.4 cm³/mol. The number of methoxy groups -OCH3 is 4. The van der Waals surface area contributed by atoms with Gasteiger partial charge >= 0.3 is 11.8 Å². The zero-order chi connectivity index (χ0) is 18.2. The molecule has 1 aromatic carbocycles. The van der Waals surface area contributed by atoms with Gasteiger partial charge in [0.25, 0.3) is 0 Å². The Morgan fingerprint density at radius 2 is 1.76 bits per heavy atom. The molecule has 1 heterocycles. The number of hydrogen-bond donors (Lipinski definition) is 1. The van der Waals surface area contributed by atoms with Crippen molar-refractivity contribution < 1.29 is 28.2 Å². The molecule has 0 aliphatic heterocycles. The Hall–Kier alpha value is -2.81. The molecule has 0 radical (unpaired) electrons. The lowest BCUT2D eigenvalue weighted by molar-refractivity contribution is 0.0901. The molecule has 2 aromatic rings. The van der Waals surface area contributed by atoms with Crippen LogP contribution < -0.4 is 19.5 Å². The van der Waals surface area contributed by atoms with Crippen LogP contribution in [0.2, 0.25) is 0 Å². The van der Waals surface area contributed by atoms with E-state index in [-0.39, 0.29) is 5.89 Å². The normalized spacial score (nSPS) is 10.4. The molecule has 0 spiro atoms. The summed E-state index contributed by atoms with van der Waals surface area (Å²) in [5, 5.41) is 10.3. The molecule has 0 fully saturated rings. The smallest absolute Gasteiger partial charge is 0.308 e. The van der Waals surface area contributed by atoms with Gasteiger partial charge in [-0.25, -0.2) is 0 Å². The van der Waals surface area contributed by atoms with Crippen LogP contribution in [0.15, 0.2) is 16.5 Å². The van der Waals surface area contributed by atoms with Crippen LogP contribution in [-0.4, -0.2) is 57.7 Å². The molecule has 1 N–H and O–H groups in total. The summed E-state index contributed by atoms with van der Waals surface area (Å²) < 4.78 is 26.2. The van der Waals surface area contributed by atoms with Crippen LogP contribution in [0, 0.1) is 0 Å². The van der Waals surface area contributed by atoms with Crippen LogP contribution in [0.25, 0.3) is 0 Å². The first-order valence-corrected chi connectivity index (χ1v) is 7.51. The number of nitrogens with one attached hydrogen (secondary N) is 1. The summed E-state index contributed by atoms with van der Waals surface area (Å²) >= 11 is 0. The van der Waals surface area contributed by atoms with Crippen molar-refractivity contribution in [1.82, 2.24) is 15.5 Å². The lowest BCUT2D eigenvalue weighted by atomic mass is 10.1. The van der Waals surface area contributed by atoms with E-state index in [0.717, 1.165) is 5.56 Å². The van der Waals surface area contributed by atoms with Crippen LogP contribution >= 0.6 is 0 Å². The lowest BCUT2D eigenvalue weighted by Gasteiger charge is -2.13. The SMILES string of the molecule is COCCNC(=O)c1nnc(Cc2cc(OC)c(OC)c(OC)c2)o1. The largest absolute Gasteiger partial charge is 0.493 e. The first kappa shape index (κ1) is 18.5. The molecule has 9 heteroatoms. The maximum absolute atomic E-state index is 11.9. The Balaban J connectivity index is 2.13. The third-order valence-electron chi connectivity index (χ3n) is 3.33. The Labute approximate surface area is 145 Å². The second-order valence-electron chi connectivity index (χ2n) is 4.96. The third-order valence-corrected chi connectivity index (χ3v) is 3.33. The minimum atomic E-state index is -0.444. The van der Waals surface area contributed by atoms with Crippen molar-refractivity contribution in [3.8, 4) is 17.2 Å². The Bertz CT molecular complexity index is 691. The van der Waals surface area contributed by atoms with Crippen molar-refractivity contribution in [2.45, 2.75) is 6.42 Å². The number of carbonyl (C=O) groups excluding carboxylic acids is 1. The molecule has 0 unspecified atom stereocenters. The predicted octanol–water partition coefficient (Wildman–Crippen LogP) is 1.06. The van der Waals surface area contributed by atoms with Gasteiger partial charge in [0.05, 0.1) is 34.4 Å². The number of rotatable bonds is 9. The van der Waals surface area contributed by atoms with Crippen molar-refractivity contribution in [2.24, 2.45) is 0 Å². The molecule has 0 saturated carbocycles. The van der Waals surface area contributed by atoms with E-state index in [4.69, 9.17) is 23.4 Å². The summed E-state index contributed by atoms with van der Waals surface area (Å²) in [6, 6.07) is 3.56. The summed E-state index contributed by atoms with van der Waals surface area (Å²) in [5.41, 5.74) is 0.810. The topological polar surface area (TPSA) is 105 Å². The molecule has 9 nitrogen and oxygen atoms in total. The summed E-state index contributed by atoms with van der Waals surface area (Å²) in [7, 11) is 6.16. The Morgan fingerprint density at radius 1 is 1.08 bits per heavy atom. The average Bonchev–Trinajstić information content (AvgIpc) is 3.09. The lowest BCUT2D eigenvalue weighted by Crippen LogP contribution is -2.27. The number of amides is 1. The van der Waals surface area contributed by atoms with Gasteiger partial charge in [0.2, 0.25) is 11.6 Å². The highest BCUT2D eigenvalue weighted by Gasteiger charge is 2.17. The van der Waals surface area contributed by atoms with Crippen molar-refractivity contribution in [2.75, 3.05) is 41.6 Å². The van der Waals surface area contributed by atoms with Gasteiger partial charge < -0.3 is 28.7 Å². The first-order valence-electron chi connectivity index (χ1n) is 7.51. The van der Waals surface area contributed by atoms with Crippen molar-refractivity contribution in [3.63, 3.8) is 0 Å². The fourth-order valence-electron chi connectivity index (χ4n) is 2.17. The molecule has 136 valence electrons. The number of ether oxygens (including phenoxy) is 4. The summed E-state index contributed by atoms with van der Waals surface area (Å²) in [4.78, 5) is 11.9. The zero-order valence-electron chi connectivity index (χ0n) is 14.6. The molecule has 2 rings (SSSR count). The Kier molecular flexibility index (Phi) is 6.58. The van der Waals surface area contributed by atoms with E-state index in [1.807, 2.05) is 0 Å². The summed E-state index contributed by atoms with van der Waals surface area (Å²) in [5.74, 6) is 1.30. The van der Waals surface area contributed by atoms with E-state index >= 15 is 0 Å². The molecule has 0 aliphatic carbocycles.